The number of benzene rings is 1. The zero-order valence-electron chi connectivity index (χ0n) is 14.3. The second-order valence-electron chi connectivity index (χ2n) is 7.16. The number of halogens is 1. The normalized spacial score (nSPS) is 19.5. The summed E-state index contributed by atoms with van der Waals surface area (Å²) < 4.78 is 0. The Labute approximate surface area is 157 Å². The highest BCUT2D eigenvalue weighted by molar-refractivity contribution is 7.17. The Hall–Kier alpha value is -1.43. The lowest BCUT2D eigenvalue weighted by Crippen LogP contribution is -2.44. The van der Waals surface area contributed by atoms with Crippen molar-refractivity contribution in [1.29, 1.82) is 0 Å². The summed E-state index contributed by atoms with van der Waals surface area (Å²) in [5.74, 6) is 0.135. The maximum atomic E-state index is 13.0. The smallest absolute Gasteiger partial charge is 0.265 e. The van der Waals surface area contributed by atoms with Crippen molar-refractivity contribution in [2.24, 2.45) is 5.41 Å². The van der Waals surface area contributed by atoms with Gasteiger partial charge in [0.05, 0.1) is 5.69 Å². The third kappa shape index (κ3) is 3.33. The van der Waals surface area contributed by atoms with Gasteiger partial charge in [0.1, 0.15) is 9.88 Å². The van der Waals surface area contributed by atoms with E-state index in [2.05, 4.69) is 10.3 Å². The molecule has 0 radical (unpaired) electrons. The summed E-state index contributed by atoms with van der Waals surface area (Å²) in [5, 5.41) is 5.06. The lowest BCUT2D eigenvalue weighted by atomic mass is 9.78. The van der Waals surface area contributed by atoms with Crippen LogP contribution in [0.1, 0.15) is 34.6 Å². The third-order valence-corrected chi connectivity index (χ3v) is 6.97. The van der Waals surface area contributed by atoms with Gasteiger partial charge >= 0.3 is 0 Å². The lowest BCUT2D eigenvalue weighted by Gasteiger charge is -2.38. The Morgan fingerprint density at radius 3 is 2.60 bits per heavy atom. The number of rotatable bonds is 2. The van der Waals surface area contributed by atoms with Crippen LogP contribution in [-0.2, 0) is 0 Å². The quantitative estimate of drug-likeness (QED) is 0.863. The molecule has 2 fully saturated rings. The predicted octanol–water partition coefficient (Wildman–Crippen LogP) is 3.99. The summed E-state index contributed by atoms with van der Waals surface area (Å²) in [7, 11) is 0. The van der Waals surface area contributed by atoms with Crippen molar-refractivity contribution in [1.82, 2.24) is 15.2 Å². The fourth-order valence-corrected chi connectivity index (χ4v) is 5.03. The number of nitrogens with zero attached hydrogens (tertiary/aromatic N) is 2. The van der Waals surface area contributed by atoms with E-state index in [1.165, 1.54) is 17.8 Å². The van der Waals surface area contributed by atoms with Crippen molar-refractivity contribution in [2.75, 3.05) is 26.2 Å². The summed E-state index contributed by atoms with van der Waals surface area (Å²) in [5.41, 5.74) is 2.25. The minimum Gasteiger partial charge on any atom is -0.338 e. The molecular formula is C19H22ClN3OS. The molecule has 2 aromatic rings. The standard InChI is InChI=1S/C19H22ClN3OS/c1-13-16(25-17(22-13)14-2-4-15(20)5-3-14)18(24)23-10-7-19(8-11-23)6-9-21-12-19/h2-5,21H,6-12H2,1H3. The van der Waals surface area contributed by atoms with Crippen LogP contribution >= 0.6 is 22.9 Å². The molecule has 2 aliphatic rings. The van der Waals surface area contributed by atoms with Crippen molar-refractivity contribution in [3.8, 4) is 10.6 Å². The lowest BCUT2D eigenvalue weighted by molar-refractivity contribution is 0.0611. The average molecular weight is 376 g/mol. The highest BCUT2D eigenvalue weighted by atomic mass is 35.5. The van der Waals surface area contributed by atoms with Gasteiger partial charge in [-0.15, -0.1) is 11.3 Å². The minimum absolute atomic E-state index is 0.135. The Balaban J connectivity index is 1.50. The summed E-state index contributed by atoms with van der Waals surface area (Å²) in [6.07, 6.45) is 3.45. The number of hydrogen-bond donors (Lipinski definition) is 1. The molecule has 3 heterocycles. The molecule has 0 saturated carbocycles. The SMILES string of the molecule is Cc1nc(-c2ccc(Cl)cc2)sc1C(=O)N1CCC2(CCNC2)CC1. The summed E-state index contributed by atoms with van der Waals surface area (Å²) >= 11 is 7.44. The van der Waals surface area contributed by atoms with Gasteiger partial charge in [-0.25, -0.2) is 4.98 Å². The van der Waals surface area contributed by atoms with E-state index in [1.54, 1.807) is 0 Å². The first-order valence-electron chi connectivity index (χ1n) is 8.80. The van der Waals surface area contributed by atoms with Gasteiger partial charge in [-0.05, 0) is 50.3 Å². The number of carbonyl (C=O) groups excluding carboxylic acids is 1. The second kappa shape index (κ2) is 6.71. The first-order chi connectivity index (χ1) is 12.1. The average Bonchev–Trinajstić information content (AvgIpc) is 3.23. The van der Waals surface area contributed by atoms with Crippen LogP contribution in [-0.4, -0.2) is 42.0 Å². The molecule has 1 amide bonds. The van der Waals surface area contributed by atoms with Crippen LogP contribution in [0.4, 0.5) is 0 Å². The van der Waals surface area contributed by atoms with Crippen LogP contribution in [0.15, 0.2) is 24.3 Å². The molecular weight excluding hydrogens is 354 g/mol. The Kier molecular flexibility index (Phi) is 4.56. The number of likely N-dealkylation sites (tertiary alicyclic amines) is 1. The molecule has 132 valence electrons. The number of hydrogen-bond acceptors (Lipinski definition) is 4. The predicted molar refractivity (Wildman–Crippen MR) is 102 cm³/mol. The van der Waals surface area contributed by atoms with Crippen molar-refractivity contribution >= 4 is 28.8 Å². The number of piperidine rings is 1. The number of carbonyl (C=O) groups is 1. The van der Waals surface area contributed by atoms with E-state index < -0.39 is 0 Å². The maximum Gasteiger partial charge on any atom is 0.265 e. The van der Waals surface area contributed by atoms with Crippen molar-refractivity contribution in [3.63, 3.8) is 0 Å². The van der Waals surface area contributed by atoms with Crippen LogP contribution in [0.2, 0.25) is 5.02 Å². The second-order valence-corrected chi connectivity index (χ2v) is 8.59. The Morgan fingerprint density at radius 1 is 1.24 bits per heavy atom. The van der Waals surface area contributed by atoms with E-state index in [4.69, 9.17) is 11.6 Å². The fourth-order valence-electron chi connectivity index (χ4n) is 3.86. The van der Waals surface area contributed by atoms with E-state index >= 15 is 0 Å². The molecule has 4 nitrogen and oxygen atoms in total. The van der Waals surface area contributed by atoms with Crippen LogP contribution in [0.25, 0.3) is 10.6 Å². The molecule has 4 rings (SSSR count). The summed E-state index contributed by atoms with van der Waals surface area (Å²) in [6, 6.07) is 7.61. The van der Waals surface area contributed by atoms with Gasteiger partial charge in [0.15, 0.2) is 0 Å². The van der Waals surface area contributed by atoms with Gasteiger partial charge in [0, 0.05) is 30.2 Å². The first-order valence-corrected chi connectivity index (χ1v) is 9.99. The Morgan fingerprint density at radius 2 is 1.96 bits per heavy atom. The highest BCUT2D eigenvalue weighted by Crippen LogP contribution is 2.38. The molecule has 1 aromatic heterocycles. The third-order valence-electron chi connectivity index (χ3n) is 5.53. The van der Waals surface area contributed by atoms with Crippen molar-refractivity contribution in [2.45, 2.75) is 26.2 Å². The molecule has 25 heavy (non-hydrogen) atoms. The molecule has 0 unspecified atom stereocenters. The van der Waals surface area contributed by atoms with Crippen LogP contribution in [0.3, 0.4) is 0 Å². The van der Waals surface area contributed by atoms with E-state index in [0.29, 0.717) is 10.4 Å². The highest BCUT2D eigenvalue weighted by Gasteiger charge is 2.38. The number of aromatic nitrogens is 1. The number of amides is 1. The number of thiazole rings is 1. The topological polar surface area (TPSA) is 45.2 Å². The fraction of sp³-hybridized carbons (Fsp3) is 0.474. The van der Waals surface area contributed by atoms with Crippen molar-refractivity contribution < 1.29 is 4.79 Å². The molecule has 1 aromatic carbocycles. The summed E-state index contributed by atoms with van der Waals surface area (Å²) in [4.78, 5) is 20.4. The van der Waals surface area contributed by atoms with Gasteiger partial charge in [-0.1, -0.05) is 23.7 Å². The largest absolute Gasteiger partial charge is 0.338 e. The minimum atomic E-state index is 0.135. The zero-order chi connectivity index (χ0) is 17.4. The molecule has 6 heteroatoms. The van der Waals surface area contributed by atoms with E-state index in [-0.39, 0.29) is 5.91 Å². The molecule has 2 aliphatic heterocycles. The first kappa shape index (κ1) is 17.0. The van der Waals surface area contributed by atoms with Gasteiger partial charge in [0.25, 0.3) is 5.91 Å². The molecule has 0 aliphatic carbocycles. The zero-order valence-corrected chi connectivity index (χ0v) is 15.9. The van der Waals surface area contributed by atoms with E-state index in [1.807, 2.05) is 36.1 Å². The molecule has 2 saturated heterocycles. The molecule has 1 spiro atoms. The van der Waals surface area contributed by atoms with Gasteiger partial charge in [-0.3, -0.25) is 4.79 Å². The Bertz CT molecular complexity index is 770. The van der Waals surface area contributed by atoms with Gasteiger partial charge in [0.2, 0.25) is 0 Å². The van der Waals surface area contributed by atoms with Crippen LogP contribution < -0.4 is 5.32 Å². The number of aryl methyl sites for hydroxylation is 1. The van der Waals surface area contributed by atoms with Gasteiger partial charge in [-0.2, -0.15) is 0 Å². The number of nitrogens with one attached hydrogen (secondary N) is 1. The maximum absolute atomic E-state index is 13.0. The molecule has 0 atom stereocenters. The van der Waals surface area contributed by atoms with E-state index in [9.17, 15) is 4.79 Å². The molecule has 1 N–H and O–H groups in total. The van der Waals surface area contributed by atoms with Crippen LogP contribution in [0.5, 0.6) is 0 Å². The van der Waals surface area contributed by atoms with Crippen molar-refractivity contribution in [3.05, 3.63) is 39.9 Å². The summed E-state index contributed by atoms with van der Waals surface area (Å²) in [6.45, 7) is 5.86. The monoisotopic (exact) mass is 375 g/mol. The van der Waals surface area contributed by atoms with E-state index in [0.717, 1.165) is 60.2 Å². The van der Waals surface area contributed by atoms with Gasteiger partial charge < -0.3 is 10.2 Å². The van der Waals surface area contributed by atoms with Crippen LogP contribution in [0, 0.1) is 12.3 Å². The molecule has 0 bridgehead atoms.